The van der Waals surface area contributed by atoms with Crippen LogP contribution in [0.2, 0.25) is 0 Å². The number of nitrogens with zero attached hydrogens (tertiary/aromatic N) is 3. The molecule has 0 saturated heterocycles. The van der Waals surface area contributed by atoms with Crippen molar-refractivity contribution in [3.8, 4) is 5.69 Å². The second kappa shape index (κ2) is 6.07. The first kappa shape index (κ1) is 12.5. The average Bonchev–Trinajstić information content (AvgIpc) is 2.85. The van der Waals surface area contributed by atoms with E-state index < -0.39 is 0 Å². The third-order valence-electron chi connectivity index (χ3n) is 2.44. The molecule has 1 aromatic carbocycles. The molecule has 0 atom stereocenters. The predicted octanol–water partition coefficient (Wildman–Crippen LogP) is 3.16. The Morgan fingerprint density at radius 3 is 2.71 bits per heavy atom. The van der Waals surface area contributed by atoms with Gasteiger partial charge >= 0.3 is 0 Å². The van der Waals surface area contributed by atoms with Crippen molar-refractivity contribution in [3.63, 3.8) is 0 Å². The fraction of sp³-hybridized carbons (Fsp3) is 0.333. The predicted molar refractivity (Wildman–Crippen MR) is 72.2 cm³/mol. The summed E-state index contributed by atoms with van der Waals surface area (Å²) in [5, 5.41) is 8.23. The highest BCUT2D eigenvalue weighted by atomic mass is 35.5. The van der Waals surface area contributed by atoms with Crippen molar-refractivity contribution in [2.24, 2.45) is 0 Å². The molecule has 2 aromatic rings. The van der Waals surface area contributed by atoms with E-state index in [4.69, 9.17) is 11.6 Å². The summed E-state index contributed by atoms with van der Waals surface area (Å²) in [5.41, 5.74) is 2.02. The van der Waals surface area contributed by atoms with E-state index in [1.54, 1.807) is 16.4 Å². The topological polar surface area (TPSA) is 30.7 Å². The fourth-order valence-electron chi connectivity index (χ4n) is 1.52. The zero-order valence-corrected chi connectivity index (χ0v) is 11.2. The third-order valence-corrected chi connectivity index (χ3v) is 3.46. The van der Waals surface area contributed by atoms with Gasteiger partial charge in [0.15, 0.2) is 0 Å². The van der Waals surface area contributed by atoms with Crippen LogP contribution in [-0.4, -0.2) is 27.1 Å². The van der Waals surface area contributed by atoms with Crippen molar-refractivity contribution in [1.29, 1.82) is 0 Å². The highest BCUT2D eigenvalue weighted by Gasteiger charge is 2.02. The lowest BCUT2D eigenvalue weighted by Gasteiger charge is -2.00. The maximum Gasteiger partial charge on any atom is 0.0832 e. The summed E-state index contributed by atoms with van der Waals surface area (Å²) in [6, 6.07) is 8.26. The van der Waals surface area contributed by atoms with E-state index in [2.05, 4.69) is 28.7 Å². The summed E-state index contributed by atoms with van der Waals surface area (Å²) >= 11 is 7.38. The van der Waals surface area contributed by atoms with E-state index in [1.165, 1.54) is 4.90 Å². The van der Waals surface area contributed by atoms with Crippen LogP contribution < -0.4 is 0 Å². The van der Waals surface area contributed by atoms with Gasteiger partial charge in [-0.1, -0.05) is 5.21 Å². The molecule has 2 rings (SSSR count). The fourth-order valence-corrected chi connectivity index (χ4v) is 2.06. The number of halogens is 1. The normalized spacial score (nSPS) is 10.7. The van der Waals surface area contributed by atoms with Gasteiger partial charge in [-0.3, -0.25) is 0 Å². The van der Waals surface area contributed by atoms with Crippen LogP contribution in [0.1, 0.15) is 12.1 Å². The molecule has 0 unspecified atom stereocenters. The summed E-state index contributed by atoms with van der Waals surface area (Å²) in [4.78, 5) is 1.25. The number of benzene rings is 1. The van der Waals surface area contributed by atoms with Crippen LogP contribution in [0.3, 0.4) is 0 Å². The molecular weight excluding hydrogens is 254 g/mol. The summed E-state index contributed by atoms with van der Waals surface area (Å²) in [6.07, 6.45) is 5.84. The Hall–Kier alpha value is -1.00. The number of aromatic nitrogens is 3. The number of alkyl halides is 1. The van der Waals surface area contributed by atoms with Crippen LogP contribution in [0, 0.1) is 0 Å². The maximum absolute atomic E-state index is 5.65. The molecule has 0 aliphatic carbocycles. The molecule has 0 N–H and O–H groups in total. The molecule has 5 heteroatoms. The maximum atomic E-state index is 5.65. The van der Waals surface area contributed by atoms with Gasteiger partial charge in [-0.05, 0) is 43.4 Å². The van der Waals surface area contributed by atoms with Crippen molar-refractivity contribution >= 4 is 23.4 Å². The Labute approximate surface area is 110 Å². The number of thioether (sulfide) groups is 1. The average molecular weight is 268 g/mol. The van der Waals surface area contributed by atoms with Gasteiger partial charge in [0.05, 0.1) is 17.6 Å². The zero-order chi connectivity index (χ0) is 12.1. The van der Waals surface area contributed by atoms with Gasteiger partial charge in [0.1, 0.15) is 0 Å². The van der Waals surface area contributed by atoms with Gasteiger partial charge in [0, 0.05) is 10.8 Å². The van der Waals surface area contributed by atoms with E-state index in [1.807, 2.05) is 18.3 Å². The van der Waals surface area contributed by atoms with Gasteiger partial charge in [0.25, 0.3) is 0 Å². The van der Waals surface area contributed by atoms with E-state index in [9.17, 15) is 0 Å². The highest BCUT2D eigenvalue weighted by molar-refractivity contribution is 7.98. The molecule has 1 aromatic heterocycles. The SMILES string of the molecule is CSc1ccc(-n2cc(CCCCl)nn2)cc1. The van der Waals surface area contributed by atoms with Gasteiger partial charge < -0.3 is 0 Å². The van der Waals surface area contributed by atoms with E-state index >= 15 is 0 Å². The molecule has 3 nitrogen and oxygen atoms in total. The lowest BCUT2D eigenvalue weighted by molar-refractivity contribution is 0.791. The van der Waals surface area contributed by atoms with Crippen LogP contribution in [0.4, 0.5) is 0 Å². The highest BCUT2D eigenvalue weighted by Crippen LogP contribution is 2.16. The van der Waals surface area contributed by atoms with Gasteiger partial charge in [-0.2, -0.15) is 0 Å². The monoisotopic (exact) mass is 267 g/mol. The smallest absolute Gasteiger partial charge is 0.0832 e. The molecule has 0 fully saturated rings. The molecule has 0 aliphatic heterocycles. The van der Waals surface area contributed by atoms with Gasteiger partial charge in [-0.25, -0.2) is 4.68 Å². The lowest BCUT2D eigenvalue weighted by Crippen LogP contribution is -1.94. The molecular formula is C12H14ClN3S. The first-order valence-corrected chi connectivity index (χ1v) is 7.21. The number of hydrogen-bond donors (Lipinski definition) is 0. The minimum Gasteiger partial charge on any atom is -0.220 e. The Morgan fingerprint density at radius 2 is 2.06 bits per heavy atom. The van der Waals surface area contributed by atoms with Crippen LogP contribution >= 0.6 is 23.4 Å². The molecule has 0 aliphatic rings. The zero-order valence-electron chi connectivity index (χ0n) is 9.64. The molecule has 0 spiro atoms. The number of rotatable bonds is 5. The Kier molecular flexibility index (Phi) is 4.45. The standard InChI is InChI=1S/C12H14ClN3S/c1-17-12-6-4-11(5-7-12)16-9-10(14-15-16)3-2-8-13/h4-7,9H,2-3,8H2,1H3. The first-order valence-electron chi connectivity index (χ1n) is 5.45. The summed E-state index contributed by atoms with van der Waals surface area (Å²) in [5.74, 6) is 0.662. The van der Waals surface area contributed by atoms with E-state index in [0.29, 0.717) is 5.88 Å². The number of aryl methyl sites for hydroxylation is 1. The molecule has 0 bridgehead atoms. The van der Waals surface area contributed by atoms with Crippen LogP contribution in [-0.2, 0) is 6.42 Å². The van der Waals surface area contributed by atoms with Crippen molar-refractivity contribution in [1.82, 2.24) is 15.0 Å². The molecule has 90 valence electrons. The Balaban J connectivity index is 2.12. The molecule has 1 heterocycles. The second-order valence-electron chi connectivity index (χ2n) is 3.65. The van der Waals surface area contributed by atoms with Crippen LogP contribution in [0.15, 0.2) is 35.4 Å². The third kappa shape index (κ3) is 3.23. The lowest BCUT2D eigenvalue weighted by atomic mass is 10.3. The minimum atomic E-state index is 0.662. The van der Waals surface area contributed by atoms with Crippen molar-refractivity contribution < 1.29 is 0 Å². The van der Waals surface area contributed by atoms with Gasteiger partial charge in [-0.15, -0.1) is 28.5 Å². The van der Waals surface area contributed by atoms with Crippen LogP contribution in [0.25, 0.3) is 5.69 Å². The van der Waals surface area contributed by atoms with Gasteiger partial charge in [0.2, 0.25) is 0 Å². The molecule has 0 amide bonds. The Morgan fingerprint density at radius 1 is 1.29 bits per heavy atom. The molecule has 0 radical (unpaired) electrons. The first-order chi connectivity index (χ1) is 8.33. The molecule has 17 heavy (non-hydrogen) atoms. The number of hydrogen-bond acceptors (Lipinski definition) is 3. The van der Waals surface area contributed by atoms with Crippen LogP contribution in [0.5, 0.6) is 0 Å². The summed E-state index contributed by atoms with van der Waals surface area (Å²) in [6.45, 7) is 0. The van der Waals surface area contributed by atoms with Crippen molar-refractivity contribution in [2.75, 3.05) is 12.1 Å². The molecule has 0 saturated carbocycles. The van der Waals surface area contributed by atoms with E-state index in [-0.39, 0.29) is 0 Å². The summed E-state index contributed by atoms with van der Waals surface area (Å²) < 4.78 is 1.80. The second-order valence-corrected chi connectivity index (χ2v) is 4.90. The minimum absolute atomic E-state index is 0.662. The quantitative estimate of drug-likeness (QED) is 0.616. The summed E-state index contributed by atoms with van der Waals surface area (Å²) in [7, 11) is 0. The van der Waals surface area contributed by atoms with Crippen molar-refractivity contribution in [2.45, 2.75) is 17.7 Å². The van der Waals surface area contributed by atoms with E-state index in [0.717, 1.165) is 24.2 Å². The van der Waals surface area contributed by atoms with Crippen molar-refractivity contribution in [3.05, 3.63) is 36.2 Å². The largest absolute Gasteiger partial charge is 0.220 e. The Bertz CT molecular complexity index is 467.